The molecule has 0 aromatic rings. The van der Waals surface area contributed by atoms with Crippen molar-refractivity contribution in [2.75, 3.05) is 0 Å². The van der Waals surface area contributed by atoms with E-state index < -0.39 is 6.16 Å². The van der Waals surface area contributed by atoms with Gasteiger partial charge in [0.25, 0.3) is 0 Å². The standard InChI is InChI=1S/C3H6.CHClO3/c1-3-2;2-5-1(3)4/h3H,1H2,2H3;(H,3,4). The van der Waals surface area contributed by atoms with Crippen LogP contribution in [0.3, 0.4) is 0 Å². The molecule has 0 aliphatic rings. The maximum absolute atomic E-state index is 9.01. The fourth-order valence-corrected chi connectivity index (χ4v) is 0. The second-order valence-electron chi connectivity index (χ2n) is 0.751. The molecular formula is C4H7ClO3. The number of halogens is 1. The Bertz CT molecular complexity index is 71.7. The summed E-state index contributed by atoms with van der Waals surface area (Å²) in [5.74, 6) is 0. The zero-order chi connectivity index (χ0) is 6.99. The van der Waals surface area contributed by atoms with Crippen molar-refractivity contribution in [2.24, 2.45) is 0 Å². The predicted molar refractivity (Wildman–Crippen MR) is 30.8 cm³/mol. The summed E-state index contributed by atoms with van der Waals surface area (Å²) in [6.45, 7) is 5.25. The molecule has 0 saturated heterocycles. The molecule has 0 amide bonds. The molecule has 0 aromatic carbocycles. The molecule has 3 nitrogen and oxygen atoms in total. The molecule has 0 heterocycles. The third-order valence-corrected chi connectivity index (χ3v) is 0.198. The van der Waals surface area contributed by atoms with Gasteiger partial charge in [-0.05, 0) is 6.92 Å². The average molecular weight is 139 g/mol. The van der Waals surface area contributed by atoms with Gasteiger partial charge in [-0.3, -0.25) is 0 Å². The maximum Gasteiger partial charge on any atom is 0.524 e. The lowest BCUT2D eigenvalue weighted by Crippen LogP contribution is -1.85. The van der Waals surface area contributed by atoms with Crippen LogP contribution in [-0.2, 0) is 4.29 Å². The molecule has 0 bridgehead atoms. The van der Waals surface area contributed by atoms with Gasteiger partial charge in [-0.15, -0.1) is 6.58 Å². The van der Waals surface area contributed by atoms with E-state index >= 15 is 0 Å². The lowest BCUT2D eigenvalue weighted by atomic mass is 10.8. The van der Waals surface area contributed by atoms with E-state index in [9.17, 15) is 0 Å². The molecule has 0 aliphatic carbocycles. The van der Waals surface area contributed by atoms with Crippen molar-refractivity contribution < 1.29 is 14.2 Å². The van der Waals surface area contributed by atoms with E-state index in [2.05, 4.69) is 22.7 Å². The number of hydrogen-bond acceptors (Lipinski definition) is 2. The Morgan fingerprint density at radius 3 is 2.12 bits per heavy atom. The minimum atomic E-state index is -1.48. The molecule has 0 atom stereocenters. The Labute approximate surface area is 52.7 Å². The fraction of sp³-hybridized carbons (Fsp3) is 0.250. The summed E-state index contributed by atoms with van der Waals surface area (Å²) in [4.78, 5) is 9.01. The molecule has 0 aromatic heterocycles. The van der Waals surface area contributed by atoms with Crippen LogP contribution in [0.1, 0.15) is 6.92 Å². The van der Waals surface area contributed by atoms with Crippen molar-refractivity contribution in [1.82, 2.24) is 0 Å². The molecule has 4 heteroatoms. The van der Waals surface area contributed by atoms with Crippen molar-refractivity contribution in [3.05, 3.63) is 12.7 Å². The van der Waals surface area contributed by atoms with Gasteiger partial charge in [0.15, 0.2) is 0 Å². The zero-order valence-electron chi connectivity index (χ0n) is 4.43. The zero-order valence-corrected chi connectivity index (χ0v) is 5.18. The summed E-state index contributed by atoms with van der Waals surface area (Å²) in [6.07, 6.45) is 0.270. The first-order valence-electron chi connectivity index (χ1n) is 1.77. The second-order valence-corrected chi connectivity index (χ2v) is 0.906. The average Bonchev–Trinajstić information content (AvgIpc) is 1.69. The van der Waals surface area contributed by atoms with Crippen molar-refractivity contribution in [2.45, 2.75) is 6.92 Å². The highest BCUT2D eigenvalue weighted by atomic mass is 35.5. The van der Waals surface area contributed by atoms with Crippen LogP contribution in [0.5, 0.6) is 0 Å². The van der Waals surface area contributed by atoms with Gasteiger partial charge in [0, 0.05) is 0 Å². The molecule has 8 heavy (non-hydrogen) atoms. The van der Waals surface area contributed by atoms with Crippen LogP contribution in [0.25, 0.3) is 0 Å². The van der Waals surface area contributed by atoms with E-state index in [1.54, 1.807) is 6.08 Å². The monoisotopic (exact) mass is 138 g/mol. The minimum absolute atomic E-state index is 1.48. The Hall–Kier alpha value is -0.700. The van der Waals surface area contributed by atoms with Gasteiger partial charge in [-0.2, -0.15) is 0 Å². The van der Waals surface area contributed by atoms with E-state index in [1.807, 2.05) is 6.92 Å². The van der Waals surface area contributed by atoms with Gasteiger partial charge in [0.2, 0.25) is 0 Å². The summed E-state index contributed by atoms with van der Waals surface area (Å²) < 4.78 is 3.14. The molecule has 48 valence electrons. The number of rotatable bonds is 0. The van der Waals surface area contributed by atoms with Crippen LogP contribution >= 0.6 is 11.9 Å². The Morgan fingerprint density at radius 2 is 2.12 bits per heavy atom. The van der Waals surface area contributed by atoms with E-state index in [0.717, 1.165) is 0 Å². The largest absolute Gasteiger partial charge is 0.524 e. The molecule has 0 unspecified atom stereocenters. The van der Waals surface area contributed by atoms with Crippen molar-refractivity contribution in [3.8, 4) is 0 Å². The Kier molecular flexibility index (Phi) is 12.3. The molecular weight excluding hydrogens is 131 g/mol. The topological polar surface area (TPSA) is 46.5 Å². The predicted octanol–water partition coefficient (Wildman–Crippen LogP) is 2.03. The lowest BCUT2D eigenvalue weighted by Gasteiger charge is -1.73. The first-order chi connectivity index (χ1) is 3.68. The third kappa shape index (κ3) is 58.0. The number of allylic oxidation sites excluding steroid dienone is 1. The van der Waals surface area contributed by atoms with Gasteiger partial charge < -0.3 is 9.40 Å². The van der Waals surface area contributed by atoms with Crippen molar-refractivity contribution in [3.63, 3.8) is 0 Å². The Balaban J connectivity index is 0. The fourth-order valence-electron chi connectivity index (χ4n) is 0. The van der Waals surface area contributed by atoms with Gasteiger partial charge in [-0.1, -0.05) is 6.08 Å². The highest BCUT2D eigenvalue weighted by Gasteiger charge is 1.84. The summed E-state index contributed by atoms with van der Waals surface area (Å²) >= 11 is 4.24. The van der Waals surface area contributed by atoms with Crippen LogP contribution in [0, 0.1) is 0 Å². The van der Waals surface area contributed by atoms with Gasteiger partial charge >= 0.3 is 6.16 Å². The maximum atomic E-state index is 9.01. The lowest BCUT2D eigenvalue weighted by molar-refractivity contribution is 0.149. The van der Waals surface area contributed by atoms with Crippen LogP contribution in [0.4, 0.5) is 4.79 Å². The van der Waals surface area contributed by atoms with Crippen LogP contribution in [0.2, 0.25) is 0 Å². The first kappa shape index (κ1) is 10.3. The van der Waals surface area contributed by atoms with Gasteiger partial charge in [0.1, 0.15) is 11.9 Å². The molecule has 0 rings (SSSR count). The molecule has 0 radical (unpaired) electrons. The molecule has 0 spiro atoms. The second kappa shape index (κ2) is 9.57. The highest BCUT2D eigenvalue weighted by molar-refractivity contribution is 6.12. The highest BCUT2D eigenvalue weighted by Crippen LogP contribution is 1.75. The van der Waals surface area contributed by atoms with Crippen molar-refractivity contribution >= 4 is 18.0 Å². The van der Waals surface area contributed by atoms with Crippen molar-refractivity contribution in [1.29, 1.82) is 0 Å². The number of hydrogen-bond donors (Lipinski definition) is 1. The molecule has 0 fully saturated rings. The SMILES string of the molecule is C=CC.O=C(O)OCl. The third-order valence-electron chi connectivity index (χ3n) is 0.0660. The van der Waals surface area contributed by atoms with Gasteiger partial charge in [-0.25, -0.2) is 4.79 Å². The Morgan fingerprint density at radius 1 is 2.00 bits per heavy atom. The van der Waals surface area contributed by atoms with E-state index in [4.69, 9.17) is 9.90 Å². The summed E-state index contributed by atoms with van der Waals surface area (Å²) in [6, 6.07) is 0. The van der Waals surface area contributed by atoms with Crippen LogP contribution < -0.4 is 0 Å². The molecule has 0 saturated carbocycles. The number of carboxylic acid groups (broad SMARTS) is 1. The summed E-state index contributed by atoms with van der Waals surface area (Å²) in [7, 11) is 0. The first-order valence-corrected chi connectivity index (χ1v) is 2.08. The number of carbonyl (C=O) groups is 1. The molecule has 0 aliphatic heterocycles. The summed E-state index contributed by atoms with van der Waals surface area (Å²) in [5.41, 5.74) is 0. The van der Waals surface area contributed by atoms with E-state index in [-0.39, 0.29) is 0 Å². The summed E-state index contributed by atoms with van der Waals surface area (Å²) in [5, 5.41) is 7.37. The van der Waals surface area contributed by atoms with E-state index in [1.165, 1.54) is 0 Å². The quantitative estimate of drug-likeness (QED) is 0.521. The normalized spacial score (nSPS) is 5.75. The smallest absolute Gasteiger partial charge is 0.449 e. The van der Waals surface area contributed by atoms with Gasteiger partial charge in [0.05, 0.1) is 0 Å². The van der Waals surface area contributed by atoms with Crippen LogP contribution in [-0.4, -0.2) is 11.3 Å². The van der Waals surface area contributed by atoms with E-state index in [0.29, 0.717) is 0 Å². The van der Waals surface area contributed by atoms with Crippen LogP contribution in [0.15, 0.2) is 12.7 Å². The molecule has 1 N–H and O–H groups in total. The minimum Gasteiger partial charge on any atom is -0.449 e.